The first-order valence-electron chi connectivity index (χ1n) is 12.4. The lowest BCUT2D eigenvalue weighted by molar-refractivity contribution is -0.154. The van der Waals surface area contributed by atoms with Crippen LogP contribution in [0.4, 0.5) is 5.69 Å². The molecule has 11 nitrogen and oxygen atoms in total. The van der Waals surface area contributed by atoms with Gasteiger partial charge in [-0.05, 0) is 44.4 Å². The molecule has 1 aliphatic rings. The molecule has 1 unspecified atom stereocenters. The number of carbonyl (C=O) groups excluding carboxylic acids is 6. The number of rotatable bonds is 10. The molecule has 5 amide bonds. The molecule has 1 aliphatic heterocycles. The second-order valence-corrected chi connectivity index (χ2v) is 9.67. The lowest BCUT2D eigenvalue weighted by Gasteiger charge is -2.23. The van der Waals surface area contributed by atoms with Gasteiger partial charge in [-0.15, -0.1) is 0 Å². The Bertz CT molecular complexity index is 1040. The highest BCUT2D eigenvalue weighted by Crippen LogP contribution is 2.17. The first-order chi connectivity index (χ1) is 17.8. The molecule has 1 aromatic rings. The van der Waals surface area contributed by atoms with Crippen molar-refractivity contribution in [3.8, 4) is 0 Å². The zero-order valence-corrected chi connectivity index (χ0v) is 23.0. The SMILES string of the molecule is CC.CC(C)C(NC(=O)CN1C(=O)C=CC1=O)C(=O)NCC(=O)Nc1ccc(COC(=O)C(C)(C)C)cc1. The lowest BCUT2D eigenvalue weighted by atomic mass is 9.97. The fraction of sp³-hybridized carbons (Fsp3) is 0.481. The highest BCUT2D eigenvalue weighted by Gasteiger charge is 2.29. The maximum absolute atomic E-state index is 12.6. The van der Waals surface area contributed by atoms with Crippen LogP contribution in [0, 0.1) is 11.3 Å². The Morgan fingerprint density at radius 1 is 0.921 bits per heavy atom. The van der Waals surface area contributed by atoms with Gasteiger partial charge in [-0.3, -0.25) is 33.7 Å². The Kier molecular flexibility index (Phi) is 12.3. The van der Waals surface area contributed by atoms with Crippen LogP contribution >= 0.6 is 0 Å². The minimum Gasteiger partial charge on any atom is -0.460 e. The van der Waals surface area contributed by atoms with E-state index in [0.717, 1.165) is 22.6 Å². The molecule has 2 rings (SSSR count). The van der Waals surface area contributed by atoms with E-state index in [1.165, 1.54) is 0 Å². The van der Waals surface area contributed by atoms with Crippen LogP contribution in [0.3, 0.4) is 0 Å². The van der Waals surface area contributed by atoms with Crippen LogP contribution in [0.2, 0.25) is 0 Å². The van der Waals surface area contributed by atoms with Gasteiger partial charge in [0.25, 0.3) is 11.8 Å². The molecular formula is C27H38N4O7. The lowest BCUT2D eigenvalue weighted by Crippen LogP contribution is -2.53. The Hall–Kier alpha value is -4.02. The van der Waals surface area contributed by atoms with Crippen molar-refractivity contribution in [3.05, 3.63) is 42.0 Å². The summed E-state index contributed by atoms with van der Waals surface area (Å²) >= 11 is 0. The van der Waals surface area contributed by atoms with E-state index in [1.807, 2.05) is 13.8 Å². The van der Waals surface area contributed by atoms with Gasteiger partial charge in [0.1, 0.15) is 19.2 Å². The molecule has 0 aromatic heterocycles. The number of nitrogens with one attached hydrogen (secondary N) is 3. The predicted octanol–water partition coefficient (Wildman–Crippen LogP) is 1.92. The highest BCUT2D eigenvalue weighted by atomic mass is 16.5. The normalized spacial score (nSPS) is 13.4. The number of esters is 1. The van der Waals surface area contributed by atoms with Gasteiger partial charge in [0.05, 0.1) is 12.0 Å². The monoisotopic (exact) mass is 530 g/mol. The molecule has 0 saturated heterocycles. The summed E-state index contributed by atoms with van der Waals surface area (Å²) in [5.41, 5.74) is 0.643. The minimum atomic E-state index is -0.971. The van der Waals surface area contributed by atoms with Gasteiger partial charge in [-0.2, -0.15) is 0 Å². The smallest absolute Gasteiger partial charge is 0.311 e. The largest absolute Gasteiger partial charge is 0.460 e. The molecule has 38 heavy (non-hydrogen) atoms. The van der Waals surface area contributed by atoms with E-state index < -0.39 is 47.5 Å². The van der Waals surface area contributed by atoms with Crippen LogP contribution in [-0.4, -0.2) is 59.5 Å². The molecule has 1 atom stereocenters. The number of hydrogen-bond acceptors (Lipinski definition) is 7. The van der Waals surface area contributed by atoms with Crippen molar-refractivity contribution in [2.45, 2.75) is 61.1 Å². The molecule has 0 aliphatic carbocycles. The van der Waals surface area contributed by atoms with Crippen molar-refractivity contribution in [1.29, 1.82) is 0 Å². The maximum atomic E-state index is 12.6. The topological polar surface area (TPSA) is 151 Å². The van der Waals surface area contributed by atoms with Gasteiger partial charge < -0.3 is 20.7 Å². The maximum Gasteiger partial charge on any atom is 0.311 e. The standard InChI is InChI=1S/C25H32N4O7.C2H6/c1-15(2)22(28-19(31)13-29-20(32)10-11-21(29)33)23(34)26-12-18(30)27-17-8-6-16(7-9-17)14-36-24(35)25(3,4)5;1-2/h6-11,15,22H,12-14H2,1-5H3,(H,26,34)(H,27,30)(H,28,31);1-2H3. The number of amides is 5. The Balaban J connectivity index is 0.00000352. The summed E-state index contributed by atoms with van der Waals surface area (Å²) in [5.74, 6) is -3.58. The van der Waals surface area contributed by atoms with Crippen molar-refractivity contribution in [1.82, 2.24) is 15.5 Å². The second-order valence-electron chi connectivity index (χ2n) is 9.67. The molecule has 1 heterocycles. The first kappa shape index (κ1) is 32.0. The number of imide groups is 1. The summed E-state index contributed by atoms with van der Waals surface area (Å²) in [7, 11) is 0. The van der Waals surface area contributed by atoms with Gasteiger partial charge in [0.2, 0.25) is 17.7 Å². The summed E-state index contributed by atoms with van der Waals surface area (Å²) in [4.78, 5) is 73.0. The second kappa shape index (κ2) is 14.7. The molecule has 3 N–H and O–H groups in total. The number of ether oxygens (including phenoxy) is 1. The van der Waals surface area contributed by atoms with E-state index in [2.05, 4.69) is 16.0 Å². The third kappa shape index (κ3) is 10.2. The van der Waals surface area contributed by atoms with E-state index in [4.69, 9.17) is 4.74 Å². The zero-order valence-electron chi connectivity index (χ0n) is 23.0. The molecule has 0 saturated carbocycles. The van der Waals surface area contributed by atoms with E-state index in [0.29, 0.717) is 5.69 Å². The van der Waals surface area contributed by atoms with Crippen LogP contribution in [0.25, 0.3) is 0 Å². The summed E-state index contributed by atoms with van der Waals surface area (Å²) in [6, 6.07) is 5.74. The van der Waals surface area contributed by atoms with Gasteiger partial charge in [0.15, 0.2) is 0 Å². The average Bonchev–Trinajstić information content (AvgIpc) is 3.17. The van der Waals surface area contributed by atoms with Crippen LogP contribution in [0.5, 0.6) is 0 Å². The Labute approximate surface area is 223 Å². The molecule has 0 radical (unpaired) electrons. The fourth-order valence-corrected chi connectivity index (χ4v) is 3.02. The van der Waals surface area contributed by atoms with Crippen molar-refractivity contribution < 1.29 is 33.5 Å². The molecule has 0 bridgehead atoms. The van der Waals surface area contributed by atoms with Crippen molar-refractivity contribution in [3.63, 3.8) is 0 Å². The number of benzene rings is 1. The van der Waals surface area contributed by atoms with Gasteiger partial charge in [-0.25, -0.2) is 0 Å². The quantitative estimate of drug-likeness (QED) is 0.309. The minimum absolute atomic E-state index is 0.110. The number of hydrogen-bond donors (Lipinski definition) is 3. The molecule has 208 valence electrons. The van der Waals surface area contributed by atoms with Crippen LogP contribution in [0.1, 0.15) is 54.0 Å². The molecule has 11 heteroatoms. The Morgan fingerprint density at radius 2 is 1.47 bits per heavy atom. The van der Waals surface area contributed by atoms with E-state index >= 15 is 0 Å². The van der Waals surface area contributed by atoms with E-state index in [-0.39, 0.29) is 25.0 Å². The molecule has 0 spiro atoms. The van der Waals surface area contributed by atoms with Crippen molar-refractivity contribution >= 4 is 41.2 Å². The average molecular weight is 531 g/mol. The number of nitrogens with zero attached hydrogens (tertiary/aromatic N) is 1. The highest BCUT2D eigenvalue weighted by molar-refractivity contribution is 6.14. The van der Waals surface area contributed by atoms with Crippen LogP contribution < -0.4 is 16.0 Å². The van der Waals surface area contributed by atoms with Crippen LogP contribution in [-0.2, 0) is 40.1 Å². The fourth-order valence-electron chi connectivity index (χ4n) is 3.02. The van der Waals surface area contributed by atoms with Crippen LogP contribution in [0.15, 0.2) is 36.4 Å². The third-order valence-corrected chi connectivity index (χ3v) is 5.11. The molecule has 1 aromatic carbocycles. The van der Waals surface area contributed by atoms with E-state index in [9.17, 15) is 28.8 Å². The third-order valence-electron chi connectivity index (χ3n) is 5.11. The van der Waals surface area contributed by atoms with Crippen molar-refractivity contribution in [2.24, 2.45) is 11.3 Å². The van der Waals surface area contributed by atoms with Gasteiger partial charge in [-0.1, -0.05) is 39.8 Å². The molecular weight excluding hydrogens is 492 g/mol. The summed E-state index contributed by atoms with van der Waals surface area (Å²) in [6.45, 7) is 12.0. The van der Waals surface area contributed by atoms with Gasteiger partial charge >= 0.3 is 5.97 Å². The predicted molar refractivity (Wildman–Crippen MR) is 141 cm³/mol. The first-order valence-corrected chi connectivity index (χ1v) is 12.4. The number of carbonyl (C=O) groups is 6. The Morgan fingerprint density at radius 3 is 1.97 bits per heavy atom. The number of anilines is 1. The van der Waals surface area contributed by atoms with Crippen molar-refractivity contribution in [2.75, 3.05) is 18.4 Å². The summed E-state index contributed by atoms with van der Waals surface area (Å²) in [6.07, 6.45) is 2.13. The zero-order chi connectivity index (χ0) is 29.0. The van der Waals surface area contributed by atoms with Gasteiger partial charge in [0, 0.05) is 17.8 Å². The molecule has 0 fully saturated rings. The van der Waals surface area contributed by atoms with E-state index in [1.54, 1.807) is 58.9 Å². The summed E-state index contributed by atoms with van der Waals surface area (Å²) < 4.78 is 5.25. The summed E-state index contributed by atoms with van der Waals surface area (Å²) in [5, 5.41) is 7.62.